The zero-order valence-corrected chi connectivity index (χ0v) is 14.4. The molecule has 0 amide bonds. The molecule has 0 atom stereocenters. The lowest BCUT2D eigenvalue weighted by molar-refractivity contribution is 0.578. The van der Waals surface area contributed by atoms with Crippen molar-refractivity contribution >= 4 is 34.9 Å². The molecule has 4 heteroatoms. The van der Waals surface area contributed by atoms with E-state index >= 15 is 0 Å². The standard InChI is InChI=1S/C20H22ClN3/c21-17-7-9-18(10-8-17)23-20(22)13-6-16-4-11-19(12-5-16)24-14-2-1-3-15-24/h4-13H,1-3,14-15H2,(H2,22,23). The molecule has 1 heterocycles. The van der Waals surface area contributed by atoms with E-state index in [0.29, 0.717) is 10.9 Å². The number of hydrogen-bond acceptors (Lipinski definition) is 2. The molecule has 1 aliphatic heterocycles. The van der Waals surface area contributed by atoms with E-state index in [1.165, 1.54) is 24.9 Å². The molecular formula is C20H22ClN3. The van der Waals surface area contributed by atoms with E-state index in [1.54, 1.807) is 12.1 Å². The fourth-order valence-electron chi connectivity index (χ4n) is 2.83. The van der Waals surface area contributed by atoms with Gasteiger partial charge in [0, 0.05) is 23.8 Å². The Hall–Kier alpha value is -2.26. The molecular weight excluding hydrogens is 318 g/mol. The van der Waals surface area contributed by atoms with Gasteiger partial charge in [-0.2, -0.15) is 0 Å². The maximum absolute atomic E-state index is 5.96. The van der Waals surface area contributed by atoms with Crippen molar-refractivity contribution in [1.82, 2.24) is 0 Å². The molecule has 1 aliphatic rings. The zero-order valence-electron chi connectivity index (χ0n) is 13.7. The minimum Gasteiger partial charge on any atom is -0.384 e. The average molecular weight is 340 g/mol. The second kappa shape index (κ2) is 8.02. The van der Waals surface area contributed by atoms with Gasteiger partial charge in [0.05, 0.1) is 5.69 Å². The van der Waals surface area contributed by atoms with Crippen molar-refractivity contribution in [3.8, 4) is 0 Å². The topological polar surface area (TPSA) is 41.6 Å². The van der Waals surface area contributed by atoms with Gasteiger partial charge in [-0.05, 0) is 67.3 Å². The van der Waals surface area contributed by atoms with Crippen molar-refractivity contribution in [3.05, 3.63) is 65.2 Å². The van der Waals surface area contributed by atoms with Crippen LogP contribution in [0, 0.1) is 0 Å². The number of aliphatic imine (C=N–C) groups is 1. The molecule has 0 bridgehead atoms. The second-order valence-electron chi connectivity index (χ2n) is 5.99. The fraction of sp³-hybridized carbons (Fsp3) is 0.250. The van der Waals surface area contributed by atoms with Gasteiger partial charge in [-0.3, -0.25) is 0 Å². The summed E-state index contributed by atoms with van der Waals surface area (Å²) in [6, 6.07) is 15.9. The first-order valence-corrected chi connectivity index (χ1v) is 8.71. The molecule has 0 aromatic heterocycles. The molecule has 24 heavy (non-hydrogen) atoms. The summed E-state index contributed by atoms with van der Waals surface area (Å²) in [5.74, 6) is 0.470. The molecule has 0 aliphatic carbocycles. The Kier molecular flexibility index (Phi) is 5.55. The first-order valence-electron chi connectivity index (χ1n) is 8.33. The number of amidine groups is 1. The van der Waals surface area contributed by atoms with E-state index in [-0.39, 0.29) is 0 Å². The molecule has 2 aromatic carbocycles. The highest BCUT2D eigenvalue weighted by Gasteiger charge is 2.09. The third-order valence-corrected chi connectivity index (χ3v) is 4.40. The van der Waals surface area contributed by atoms with Crippen molar-refractivity contribution in [2.75, 3.05) is 18.0 Å². The van der Waals surface area contributed by atoms with Crippen molar-refractivity contribution in [2.45, 2.75) is 19.3 Å². The highest BCUT2D eigenvalue weighted by Crippen LogP contribution is 2.21. The Balaban J connectivity index is 1.64. The van der Waals surface area contributed by atoms with E-state index in [0.717, 1.165) is 24.3 Å². The van der Waals surface area contributed by atoms with Gasteiger partial charge in [0.2, 0.25) is 0 Å². The van der Waals surface area contributed by atoms with Gasteiger partial charge in [-0.1, -0.05) is 29.8 Å². The number of nitrogens with two attached hydrogens (primary N) is 1. The molecule has 3 nitrogen and oxygen atoms in total. The Bertz CT molecular complexity index is 712. The maximum Gasteiger partial charge on any atom is 0.124 e. The number of halogens is 1. The van der Waals surface area contributed by atoms with Crippen LogP contribution < -0.4 is 10.6 Å². The van der Waals surface area contributed by atoms with Crippen LogP contribution >= 0.6 is 11.6 Å². The van der Waals surface area contributed by atoms with E-state index in [9.17, 15) is 0 Å². The van der Waals surface area contributed by atoms with Crippen LogP contribution in [0.5, 0.6) is 0 Å². The molecule has 0 saturated carbocycles. The average Bonchev–Trinajstić information content (AvgIpc) is 2.63. The van der Waals surface area contributed by atoms with Gasteiger partial charge >= 0.3 is 0 Å². The Morgan fingerprint density at radius 1 is 0.958 bits per heavy atom. The SMILES string of the molecule is NC(C=Cc1ccc(N2CCCCC2)cc1)=Nc1ccc(Cl)cc1. The van der Waals surface area contributed by atoms with Gasteiger partial charge in [-0.25, -0.2) is 4.99 Å². The van der Waals surface area contributed by atoms with Crippen LogP contribution in [0.3, 0.4) is 0 Å². The highest BCUT2D eigenvalue weighted by atomic mass is 35.5. The van der Waals surface area contributed by atoms with Crippen LogP contribution in [-0.4, -0.2) is 18.9 Å². The normalized spacial score (nSPS) is 15.9. The Labute approximate surface area is 148 Å². The molecule has 0 spiro atoms. The van der Waals surface area contributed by atoms with Crippen LogP contribution in [0.1, 0.15) is 24.8 Å². The van der Waals surface area contributed by atoms with E-state index in [4.69, 9.17) is 17.3 Å². The summed E-state index contributed by atoms with van der Waals surface area (Å²) in [4.78, 5) is 6.80. The summed E-state index contributed by atoms with van der Waals surface area (Å²) in [5, 5.41) is 0.692. The van der Waals surface area contributed by atoms with Gasteiger partial charge in [0.25, 0.3) is 0 Å². The van der Waals surface area contributed by atoms with Crippen molar-refractivity contribution < 1.29 is 0 Å². The summed E-state index contributed by atoms with van der Waals surface area (Å²) in [6.07, 6.45) is 7.74. The molecule has 124 valence electrons. The van der Waals surface area contributed by atoms with Crippen LogP contribution in [-0.2, 0) is 0 Å². The van der Waals surface area contributed by atoms with Gasteiger partial charge in [0.1, 0.15) is 5.84 Å². The number of nitrogens with zero attached hydrogens (tertiary/aromatic N) is 2. The third kappa shape index (κ3) is 4.62. The van der Waals surface area contributed by atoms with E-state index in [2.05, 4.69) is 34.2 Å². The van der Waals surface area contributed by atoms with Crippen LogP contribution in [0.25, 0.3) is 6.08 Å². The largest absolute Gasteiger partial charge is 0.384 e. The molecule has 0 radical (unpaired) electrons. The summed E-state index contributed by atoms with van der Waals surface area (Å²) in [7, 11) is 0. The molecule has 1 saturated heterocycles. The number of hydrogen-bond donors (Lipinski definition) is 1. The summed E-state index contributed by atoms with van der Waals surface area (Å²) >= 11 is 5.86. The highest BCUT2D eigenvalue weighted by molar-refractivity contribution is 6.30. The zero-order chi connectivity index (χ0) is 16.8. The van der Waals surface area contributed by atoms with E-state index in [1.807, 2.05) is 24.3 Å². The number of rotatable bonds is 4. The number of anilines is 1. The number of benzene rings is 2. The van der Waals surface area contributed by atoms with Crippen LogP contribution in [0.4, 0.5) is 11.4 Å². The first kappa shape index (κ1) is 16.6. The van der Waals surface area contributed by atoms with Gasteiger partial charge < -0.3 is 10.6 Å². The lowest BCUT2D eigenvalue weighted by atomic mass is 10.1. The monoisotopic (exact) mass is 339 g/mol. The minimum atomic E-state index is 0.470. The molecule has 2 N–H and O–H groups in total. The Morgan fingerprint density at radius 3 is 2.29 bits per heavy atom. The molecule has 2 aromatic rings. The van der Waals surface area contributed by atoms with Crippen LogP contribution in [0.15, 0.2) is 59.6 Å². The summed E-state index contributed by atoms with van der Waals surface area (Å²) in [6.45, 7) is 2.33. The molecule has 0 unspecified atom stereocenters. The number of piperidine rings is 1. The molecule has 1 fully saturated rings. The van der Waals surface area contributed by atoms with Crippen molar-refractivity contribution in [2.24, 2.45) is 10.7 Å². The van der Waals surface area contributed by atoms with Gasteiger partial charge in [-0.15, -0.1) is 0 Å². The van der Waals surface area contributed by atoms with Crippen molar-refractivity contribution in [1.29, 1.82) is 0 Å². The van der Waals surface area contributed by atoms with Gasteiger partial charge in [0.15, 0.2) is 0 Å². The second-order valence-corrected chi connectivity index (χ2v) is 6.42. The smallest absolute Gasteiger partial charge is 0.124 e. The van der Waals surface area contributed by atoms with Crippen molar-refractivity contribution in [3.63, 3.8) is 0 Å². The molecule has 3 rings (SSSR count). The Morgan fingerprint density at radius 2 is 1.62 bits per heavy atom. The lowest BCUT2D eigenvalue weighted by Crippen LogP contribution is -2.29. The minimum absolute atomic E-state index is 0.470. The summed E-state index contributed by atoms with van der Waals surface area (Å²) in [5.41, 5.74) is 9.17. The predicted octanol–water partition coefficient (Wildman–Crippen LogP) is 5.03. The maximum atomic E-state index is 5.96. The lowest BCUT2D eigenvalue weighted by Gasteiger charge is -2.28. The predicted molar refractivity (Wildman–Crippen MR) is 104 cm³/mol. The quantitative estimate of drug-likeness (QED) is 0.626. The van der Waals surface area contributed by atoms with E-state index < -0.39 is 0 Å². The fourth-order valence-corrected chi connectivity index (χ4v) is 2.96. The first-order chi connectivity index (χ1) is 11.7. The summed E-state index contributed by atoms with van der Waals surface area (Å²) < 4.78 is 0. The van der Waals surface area contributed by atoms with Crippen LogP contribution in [0.2, 0.25) is 5.02 Å². The third-order valence-electron chi connectivity index (χ3n) is 4.15.